The van der Waals surface area contributed by atoms with Crippen LogP contribution >= 0.6 is 11.8 Å². The van der Waals surface area contributed by atoms with E-state index >= 15 is 0 Å². The van der Waals surface area contributed by atoms with Crippen LogP contribution in [0.1, 0.15) is 28.4 Å². The second-order valence-electron chi connectivity index (χ2n) is 4.93. The Hall–Kier alpha value is -2.40. The van der Waals surface area contributed by atoms with Crippen molar-refractivity contribution in [2.24, 2.45) is 0 Å². The summed E-state index contributed by atoms with van der Waals surface area (Å²) in [5.41, 5.74) is 2.16. The molecule has 0 amide bonds. The highest BCUT2D eigenvalue weighted by Crippen LogP contribution is 2.40. The molecule has 1 aliphatic heterocycles. The van der Waals surface area contributed by atoms with E-state index in [9.17, 15) is 14.9 Å². The summed E-state index contributed by atoms with van der Waals surface area (Å²) in [6.07, 6.45) is 2.33. The van der Waals surface area contributed by atoms with Gasteiger partial charge in [-0.3, -0.25) is 14.9 Å². The van der Waals surface area contributed by atoms with E-state index in [4.69, 9.17) is 0 Å². The summed E-state index contributed by atoms with van der Waals surface area (Å²) in [5, 5.41) is 11.1. The Morgan fingerprint density at radius 2 is 2.00 bits per heavy atom. The molecule has 1 heterocycles. The van der Waals surface area contributed by atoms with Gasteiger partial charge >= 0.3 is 0 Å². The molecule has 0 saturated heterocycles. The predicted octanol–water partition coefficient (Wildman–Crippen LogP) is 4.49. The van der Waals surface area contributed by atoms with E-state index in [-0.39, 0.29) is 16.4 Å². The number of thioether (sulfide) groups is 1. The second kappa shape index (κ2) is 5.77. The van der Waals surface area contributed by atoms with E-state index in [0.717, 1.165) is 4.90 Å². The van der Waals surface area contributed by atoms with E-state index in [1.54, 1.807) is 18.2 Å². The highest BCUT2D eigenvalue weighted by atomic mass is 32.2. The topological polar surface area (TPSA) is 60.2 Å². The Morgan fingerprint density at radius 1 is 1.23 bits per heavy atom. The highest BCUT2D eigenvalue weighted by molar-refractivity contribution is 8.04. The molecule has 22 heavy (non-hydrogen) atoms. The third-order valence-electron chi connectivity index (χ3n) is 3.56. The first kappa shape index (κ1) is 14.5. The first-order valence-corrected chi connectivity index (χ1v) is 7.72. The summed E-state index contributed by atoms with van der Waals surface area (Å²) in [7, 11) is 0. The molecule has 4 nitrogen and oxygen atoms in total. The minimum Gasteiger partial charge on any atom is -0.288 e. The van der Waals surface area contributed by atoms with Crippen LogP contribution in [0, 0.1) is 10.1 Å². The molecule has 3 rings (SSSR count). The van der Waals surface area contributed by atoms with E-state index < -0.39 is 0 Å². The van der Waals surface area contributed by atoms with Crippen LogP contribution in [0.25, 0.3) is 6.08 Å². The van der Waals surface area contributed by atoms with Crippen molar-refractivity contribution in [3.8, 4) is 0 Å². The van der Waals surface area contributed by atoms with Crippen molar-refractivity contribution in [3.63, 3.8) is 0 Å². The minimum atomic E-state index is -0.376. The van der Waals surface area contributed by atoms with Crippen molar-refractivity contribution >= 4 is 29.3 Å². The largest absolute Gasteiger partial charge is 0.288 e. The van der Waals surface area contributed by atoms with Gasteiger partial charge < -0.3 is 0 Å². The zero-order valence-corrected chi connectivity index (χ0v) is 12.7. The molecule has 1 aliphatic rings. The molecule has 5 heteroatoms. The molecule has 2 aromatic rings. The van der Waals surface area contributed by atoms with Crippen molar-refractivity contribution in [2.45, 2.75) is 18.2 Å². The zero-order chi connectivity index (χ0) is 15.7. The van der Waals surface area contributed by atoms with Gasteiger partial charge in [0.25, 0.3) is 5.69 Å². The number of allylic oxidation sites excluding steroid dienone is 1. The molecule has 0 aliphatic carbocycles. The number of Topliss-reactive ketones (excluding diaryl/α,β-unsaturated/α-hetero) is 1. The van der Waals surface area contributed by atoms with Crippen molar-refractivity contribution in [1.29, 1.82) is 0 Å². The number of ketones is 1. The molecule has 2 aromatic carbocycles. The number of benzene rings is 2. The molecule has 0 fully saturated rings. The van der Waals surface area contributed by atoms with Gasteiger partial charge in [0.05, 0.1) is 9.83 Å². The Balaban J connectivity index is 1.99. The molecule has 0 bridgehead atoms. The minimum absolute atomic E-state index is 0.0252. The van der Waals surface area contributed by atoms with Gasteiger partial charge in [0.1, 0.15) is 0 Å². The summed E-state index contributed by atoms with van der Waals surface area (Å²) in [4.78, 5) is 24.6. The van der Waals surface area contributed by atoms with Crippen molar-refractivity contribution in [2.75, 3.05) is 0 Å². The second-order valence-corrected chi connectivity index (χ2v) is 6.02. The number of nitrogens with zero attached hydrogens (tertiary/aromatic N) is 1. The number of nitro groups is 1. The van der Waals surface area contributed by atoms with Gasteiger partial charge in [-0.25, -0.2) is 0 Å². The fourth-order valence-corrected chi connectivity index (χ4v) is 3.48. The number of rotatable bonds is 3. The Morgan fingerprint density at radius 3 is 2.68 bits per heavy atom. The summed E-state index contributed by atoms with van der Waals surface area (Å²) >= 11 is 1.41. The molecule has 0 spiro atoms. The zero-order valence-electron chi connectivity index (χ0n) is 11.9. The maximum absolute atomic E-state index is 12.3. The van der Waals surface area contributed by atoms with Crippen LogP contribution in [0.4, 0.5) is 5.69 Å². The van der Waals surface area contributed by atoms with Crippen LogP contribution in [-0.2, 0) is 6.42 Å². The lowest BCUT2D eigenvalue weighted by Gasteiger charge is -2.02. The van der Waals surface area contributed by atoms with Gasteiger partial charge in [-0.2, -0.15) is 0 Å². The predicted molar refractivity (Wildman–Crippen MR) is 87.1 cm³/mol. The average molecular weight is 311 g/mol. The lowest BCUT2D eigenvalue weighted by atomic mass is 10.1. The number of aryl methyl sites for hydroxylation is 1. The first-order chi connectivity index (χ1) is 10.6. The summed E-state index contributed by atoms with van der Waals surface area (Å²) in [6, 6.07) is 12.5. The van der Waals surface area contributed by atoms with Gasteiger partial charge in [0.15, 0.2) is 0 Å². The third kappa shape index (κ3) is 2.55. The fourth-order valence-electron chi connectivity index (χ4n) is 2.43. The fraction of sp³-hybridized carbons (Fsp3) is 0.118. The molecule has 0 N–H and O–H groups in total. The lowest BCUT2D eigenvalue weighted by molar-refractivity contribution is -0.385. The van der Waals surface area contributed by atoms with Crippen LogP contribution in [0.15, 0.2) is 52.3 Å². The molecular weight excluding hydrogens is 298 g/mol. The SMILES string of the molecule is CCc1ccc(C=C2Sc3ccccc3C2=O)cc1[N+](=O)[O-]. The highest BCUT2D eigenvalue weighted by Gasteiger charge is 2.25. The maximum atomic E-state index is 12.3. The van der Waals surface area contributed by atoms with Crippen molar-refractivity contribution in [1.82, 2.24) is 0 Å². The van der Waals surface area contributed by atoms with Crippen LogP contribution < -0.4 is 0 Å². The van der Waals surface area contributed by atoms with Crippen LogP contribution in [0.5, 0.6) is 0 Å². The molecule has 110 valence electrons. The number of nitro benzene ring substituents is 1. The van der Waals surface area contributed by atoms with E-state index in [1.807, 2.05) is 31.2 Å². The maximum Gasteiger partial charge on any atom is 0.273 e. The molecular formula is C17H13NO3S. The monoisotopic (exact) mass is 311 g/mol. The van der Waals surface area contributed by atoms with Crippen LogP contribution in [0.2, 0.25) is 0 Å². The summed E-state index contributed by atoms with van der Waals surface area (Å²) < 4.78 is 0. The summed E-state index contributed by atoms with van der Waals surface area (Å²) in [6.45, 7) is 1.88. The normalized spacial score (nSPS) is 15.1. The van der Waals surface area contributed by atoms with E-state index in [1.165, 1.54) is 17.8 Å². The van der Waals surface area contributed by atoms with E-state index in [2.05, 4.69) is 0 Å². The van der Waals surface area contributed by atoms with Gasteiger partial charge in [-0.15, -0.1) is 0 Å². The molecule has 0 unspecified atom stereocenters. The number of hydrogen-bond acceptors (Lipinski definition) is 4. The average Bonchev–Trinajstić information content (AvgIpc) is 2.84. The molecule has 0 saturated carbocycles. The Labute approximate surface area is 132 Å². The molecule has 0 aromatic heterocycles. The van der Waals surface area contributed by atoms with Crippen molar-refractivity contribution in [3.05, 3.63) is 74.2 Å². The Kier molecular flexibility index (Phi) is 3.81. The van der Waals surface area contributed by atoms with E-state index in [0.29, 0.717) is 28.0 Å². The Bertz CT molecular complexity index is 811. The van der Waals surface area contributed by atoms with Crippen molar-refractivity contribution < 1.29 is 9.72 Å². The summed E-state index contributed by atoms with van der Waals surface area (Å²) in [5.74, 6) is -0.0252. The quantitative estimate of drug-likeness (QED) is 0.476. The lowest BCUT2D eigenvalue weighted by Crippen LogP contribution is -1.96. The van der Waals surface area contributed by atoms with Gasteiger partial charge in [0.2, 0.25) is 5.78 Å². The van der Waals surface area contributed by atoms with Crippen LogP contribution in [-0.4, -0.2) is 10.7 Å². The van der Waals surface area contributed by atoms with Crippen LogP contribution in [0.3, 0.4) is 0 Å². The standard InChI is InChI=1S/C17H13NO3S/c1-2-12-8-7-11(9-14(12)18(20)21)10-16-17(19)13-5-3-4-6-15(13)22-16/h3-10H,2H2,1H3. The number of hydrogen-bond donors (Lipinski definition) is 0. The molecule has 0 atom stereocenters. The van der Waals surface area contributed by atoms with Gasteiger partial charge in [-0.05, 0) is 30.2 Å². The van der Waals surface area contributed by atoms with Gasteiger partial charge in [0, 0.05) is 22.1 Å². The third-order valence-corrected chi connectivity index (χ3v) is 4.66. The molecule has 0 radical (unpaired) electrons. The number of carbonyl (C=O) groups is 1. The number of carbonyl (C=O) groups excluding carboxylic acids is 1. The number of fused-ring (bicyclic) bond motifs is 1. The first-order valence-electron chi connectivity index (χ1n) is 6.90. The smallest absolute Gasteiger partial charge is 0.273 e. The van der Waals surface area contributed by atoms with Gasteiger partial charge in [-0.1, -0.05) is 43.0 Å².